The van der Waals surface area contributed by atoms with Crippen molar-refractivity contribution >= 4 is 28.0 Å². The van der Waals surface area contributed by atoms with E-state index >= 15 is 0 Å². The molecule has 0 aliphatic rings. The van der Waals surface area contributed by atoms with Gasteiger partial charge < -0.3 is 25.0 Å². The molecular weight excluding hydrogens is 340 g/mol. The number of ether oxygens (including phenoxy) is 2. The zero-order valence-corrected chi connectivity index (χ0v) is 14.6. The highest BCUT2D eigenvalue weighted by Crippen LogP contribution is 2.23. The first-order valence-corrected chi connectivity index (χ1v) is 7.92. The normalized spacial score (nSPS) is 11.7. The number of fused-ring (bicyclic) bond motifs is 2. The lowest BCUT2D eigenvalue weighted by Crippen LogP contribution is -2.39. The van der Waals surface area contributed by atoms with Crippen LogP contribution in [0, 0.1) is 10.4 Å². The van der Waals surface area contributed by atoms with Gasteiger partial charge in [0.1, 0.15) is 11.4 Å². The summed E-state index contributed by atoms with van der Waals surface area (Å²) < 4.78 is 11.5. The molecule has 1 heterocycles. The lowest BCUT2D eigenvalue weighted by Gasteiger charge is -2.19. The summed E-state index contributed by atoms with van der Waals surface area (Å²) in [6.07, 6.45) is 0. The van der Waals surface area contributed by atoms with Crippen LogP contribution in [0.25, 0.3) is 22.1 Å². The summed E-state index contributed by atoms with van der Waals surface area (Å²) in [5, 5.41) is 34.9. The van der Waals surface area contributed by atoms with Gasteiger partial charge in [-0.25, -0.2) is 4.79 Å². The zero-order valence-electron chi connectivity index (χ0n) is 14.6. The van der Waals surface area contributed by atoms with Crippen LogP contribution in [0.15, 0.2) is 36.4 Å². The average molecular weight is 358 g/mol. The van der Waals surface area contributed by atoms with E-state index in [4.69, 9.17) is 9.47 Å². The van der Waals surface area contributed by atoms with Crippen molar-refractivity contribution < 1.29 is 28.8 Å². The molecule has 0 saturated heterocycles. The number of phenols is 1. The maximum atomic E-state index is 12.6. The van der Waals surface area contributed by atoms with E-state index in [0.29, 0.717) is 9.46 Å². The van der Waals surface area contributed by atoms with Gasteiger partial charge >= 0.3 is 11.5 Å². The van der Waals surface area contributed by atoms with E-state index < -0.39 is 11.6 Å². The van der Waals surface area contributed by atoms with E-state index in [1.54, 1.807) is 20.8 Å². The Hall–Kier alpha value is -3.29. The maximum Gasteiger partial charge on any atom is 0.344 e. The number of phenolic OH excluding ortho intramolecular Hbond substituents is 1. The zero-order chi connectivity index (χ0) is 19.1. The topological polar surface area (TPSA) is 110 Å². The van der Waals surface area contributed by atoms with E-state index in [2.05, 4.69) is 0 Å². The molecule has 3 rings (SSSR count). The fraction of sp³-hybridized carbons (Fsp3) is 0.278. The molecule has 0 saturated carbocycles. The molecule has 0 amide bonds. The Bertz CT molecular complexity index is 1010. The Morgan fingerprint density at radius 3 is 2.50 bits per heavy atom. The van der Waals surface area contributed by atoms with E-state index in [0.717, 1.165) is 0 Å². The number of nitrogens with zero attached hydrogens (tertiary/aromatic N) is 2. The van der Waals surface area contributed by atoms with Crippen molar-refractivity contribution in [1.29, 1.82) is 0 Å². The number of carbonyl (C=O) groups is 1. The Kier molecular flexibility index (Phi) is 4.19. The minimum atomic E-state index is -0.628. The summed E-state index contributed by atoms with van der Waals surface area (Å²) >= 11 is 0. The van der Waals surface area contributed by atoms with E-state index in [1.165, 1.54) is 36.4 Å². The lowest BCUT2D eigenvalue weighted by atomic mass is 10.2. The molecular formula is C18H18N2O6. The van der Waals surface area contributed by atoms with Gasteiger partial charge in [0.15, 0.2) is 12.4 Å². The third-order valence-electron chi connectivity index (χ3n) is 3.58. The molecule has 2 aromatic carbocycles. The molecule has 0 radical (unpaired) electrons. The Balaban J connectivity index is 1.98. The maximum absolute atomic E-state index is 12.6. The molecule has 8 nitrogen and oxygen atoms in total. The number of carbonyl (C=O) groups excluding carboxylic acids is 1. The number of hydrogen-bond acceptors (Lipinski definition) is 6. The standard InChI is InChI=1S/C18H18N2O6/c1-18(2,3)26-16(22)10-25-11-7-8-12-14(9-11)19(23)13-5-4-6-15(21)17(13)20(12)24/h4-9,21H,10H2,1-3H3. The van der Waals surface area contributed by atoms with Crippen molar-refractivity contribution in [2.24, 2.45) is 0 Å². The first-order chi connectivity index (χ1) is 12.2. The second-order valence-corrected chi connectivity index (χ2v) is 6.76. The molecule has 0 unspecified atom stereocenters. The quantitative estimate of drug-likeness (QED) is 0.330. The number of benzene rings is 2. The molecule has 3 aromatic rings. The summed E-state index contributed by atoms with van der Waals surface area (Å²) in [7, 11) is 0. The molecule has 0 bridgehead atoms. The summed E-state index contributed by atoms with van der Waals surface area (Å²) in [6, 6.07) is 8.47. The van der Waals surface area contributed by atoms with Gasteiger partial charge in [-0.05, 0) is 32.9 Å². The van der Waals surface area contributed by atoms with E-state index in [1.807, 2.05) is 0 Å². The molecule has 0 aliphatic carbocycles. The highest BCUT2D eigenvalue weighted by molar-refractivity contribution is 5.81. The van der Waals surface area contributed by atoms with Crippen molar-refractivity contribution in [2.45, 2.75) is 26.4 Å². The SMILES string of the molecule is CC(C)(C)OC(=O)COc1ccc2c(c1)[n+]([O-])c1cccc(O)c1[n+]2[O-]. The highest BCUT2D eigenvalue weighted by atomic mass is 16.6. The van der Waals surface area contributed by atoms with Gasteiger partial charge in [-0.2, -0.15) is 9.46 Å². The van der Waals surface area contributed by atoms with Crippen LogP contribution in [0.2, 0.25) is 0 Å². The van der Waals surface area contributed by atoms with Crippen LogP contribution in [0.5, 0.6) is 11.5 Å². The highest BCUT2D eigenvalue weighted by Gasteiger charge is 2.24. The third kappa shape index (κ3) is 3.26. The van der Waals surface area contributed by atoms with Crippen LogP contribution in [-0.2, 0) is 9.53 Å². The summed E-state index contributed by atoms with van der Waals surface area (Å²) in [5.41, 5.74) is -0.593. The van der Waals surface area contributed by atoms with Crippen molar-refractivity contribution in [2.75, 3.05) is 6.61 Å². The number of rotatable bonds is 3. The first-order valence-electron chi connectivity index (χ1n) is 7.92. The van der Waals surface area contributed by atoms with Crippen molar-refractivity contribution in [3.05, 3.63) is 46.8 Å². The predicted molar refractivity (Wildman–Crippen MR) is 92.4 cm³/mol. The molecule has 0 fully saturated rings. The van der Waals surface area contributed by atoms with Gasteiger partial charge in [0.2, 0.25) is 0 Å². The smallest absolute Gasteiger partial charge is 0.344 e. The third-order valence-corrected chi connectivity index (χ3v) is 3.58. The summed E-state index contributed by atoms with van der Waals surface area (Å²) in [4.78, 5) is 11.7. The van der Waals surface area contributed by atoms with Gasteiger partial charge in [0.05, 0.1) is 6.07 Å². The second kappa shape index (κ2) is 6.21. The Morgan fingerprint density at radius 1 is 1.08 bits per heavy atom. The van der Waals surface area contributed by atoms with Crippen LogP contribution in [0.1, 0.15) is 20.8 Å². The average Bonchev–Trinajstić information content (AvgIpc) is 2.56. The summed E-state index contributed by atoms with van der Waals surface area (Å²) in [6.45, 7) is 4.91. The van der Waals surface area contributed by atoms with Crippen molar-refractivity contribution in [3.63, 3.8) is 0 Å². The van der Waals surface area contributed by atoms with E-state index in [-0.39, 0.29) is 40.2 Å². The van der Waals surface area contributed by atoms with Gasteiger partial charge in [-0.15, -0.1) is 0 Å². The minimum absolute atomic E-state index is 0.0248. The van der Waals surface area contributed by atoms with Crippen LogP contribution in [0.3, 0.4) is 0 Å². The minimum Gasteiger partial charge on any atom is -0.617 e. The fourth-order valence-corrected chi connectivity index (χ4v) is 2.58. The molecule has 0 atom stereocenters. The molecule has 136 valence electrons. The summed E-state index contributed by atoms with van der Waals surface area (Å²) in [5.74, 6) is -0.586. The van der Waals surface area contributed by atoms with Crippen LogP contribution < -0.4 is 14.2 Å². The number of aromatic nitrogens is 2. The van der Waals surface area contributed by atoms with Crippen molar-refractivity contribution in [1.82, 2.24) is 0 Å². The van der Waals surface area contributed by atoms with Gasteiger partial charge in [0, 0.05) is 12.1 Å². The second-order valence-electron chi connectivity index (χ2n) is 6.76. The first kappa shape index (κ1) is 17.5. The van der Waals surface area contributed by atoms with Crippen LogP contribution in [-0.4, -0.2) is 23.3 Å². The molecule has 0 spiro atoms. The van der Waals surface area contributed by atoms with Crippen molar-refractivity contribution in [3.8, 4) is 11.5 Å². The largest absolute Gasteiger partial charge is 0.617 e. The Morgan fingerprint density at radius 2 is 1.81 bits per heavy atom. The lowest BCUT2D eigenvalue weighted by molar-refractivity contribution is -0.591. The number of aromatic hydroxyl groups is 1. The molecule has 8 heteroatoms. The van der Waals surface area contributed by atoms with Gasteiger partial charge in [-0.3, -0.25) is 0 Å². The fourth-order valence-electron chi connectivity index (χ4n) is 2.58. The van der Waals surface area contributed by atoms with Crippen LogP contribution >= 0.6 is 0 Å². The number of hydrogen-bond donors (Lipinski definition) is 1. The molecule has 1 N–H and O–H groups in total. The monoisotopic (exact) mass is 358 g/mol. The van der Waals surface area contributed by atoms with Gasteiger partial charge in [-0.1, -0.05) is 6.07 Å². The molecule has 0 aliphatic heterocycles. The Labute approximate surface area is 149 Å². The van der Waals surface area contributed by atoms with E-state index in [9.17, 15) is 20.3 Å². The molecule has 26 heavy (non-hydrogen) atoms. The van der Waals surface area contributed by atoms with Gasteiger partial charge in [0.25, 0.3) is 16.6 Å². The van der Waals surface area contributed by atoms with Crippen LogP contribution in [0.4, 0.5) is 0 Å². The number of esters is 1. The molecule has 1 aromatic heterocycles. The number of para-hydroxylation sites is 1. The predicted octanol–water partition coefficient (Wildman–Crippen LogP) is 1.69.